The van der Waals surface area contributed by atoms with Crippen molar-refractivity contribution in [3.63, 3.8) is 0 Å². The summed E-state index contributed by atoms with van der Waals surface area (Å²) in [6.45, 7) is 0. The van der Waals surface area contributed by atoms with Crippen LogP contribution in [0.5, 0.6) is 0 Å². The Balaban J connectivity index is 0.000000320. The van der Waals surface area contributed by atoms with E-state index >= 15 is 0 Å². The molecule has 2 saturated carbocycles. The Morgan fingerprint density at radius 3 is 1.88 bits per heavy atom. The molecule has 0 saturated heterocycles. The third kappa shape index (κ3) is 1.38. The van der Waals surface area contributed by atoms with Crippen molar-refractivity contribution in [2.24, 2.45) is 5.92 Å². The zero-order valence-corrected chi connectivity index (χ0v) is 8.74. The maximum absolute atomic E-state index is 1.87. The van der Waals surface area contributed by atoms with Gasteiger partial charge in [0.1, 0.15) is 0 Å². The van der Waals surface area contributed by atoms with Gasteiger partial charge in [0.05, 0.1) is 0 Å². The third-order valence-electron chi connectivity index (χ3n) is 2.39. The second-order valence-electron chi connectivity index (χ2n) is 2.90. The fourth-order valence-electron chi connectivity index (χ4n) is 1.90. The van der Waals surface area contributed by atoms with E-state index in [1.54, 1.807) is 0 Å². The summed E-state index contributed by atoms with van der Waals surface area (Å²) >= 11 is 0. The Hall–Kier alpha value is 1.64. The third-order valence-corrected chi connectivity index (χ3v) is 2.39. The largest absolute Gasteiger partial charge is 1.00 e. The molecule has 0 amide bonds. The Kier molecular flexibility index (Phi) is 3.05. The first-order valence-corrected chi connectivity index (χ1v) is 3.29. The SMILES string of the molecule is C1CC2CC[C-]1C2.[K+]. The Morgan fingerprint density at radius 1 is 1.12 bits per heavy atom. The van der Waals surface area contributed by atoms with Crippen molar-refractivity contribution in [3.05, 3.63) is 5.92 Å². The smallest absolute Gasteiger partial charge is 0.313 e. The quantitative estimate of drug-likeness (QED) is 0.299. The second-order valence-corrected chi connectivity index (χ2v) is 2.90. The van der Waals surface area contributed by atoms with Crippen LogP contribution in [-0.4, -0.2) is 0 Å². The molecule has 0 aromatic heterocycles. The minimum Gasteiger partial charge on any atom is -0.313 e. The number of hydrogen-bond acceptors (Lipinski definition) is 0. The number of fused-ring (bicyclic) bond motifs is 2. The van der Waals surface area contributed by atoms with Gasteiger partial charge in [-0.2, -0.15) is 19.3 Å². The van der Waals surface area contributed by atoms with Gasteiger partial charge in [-0.1, -0.05) is 18.8 Å². The molecule has 0 nitrogen and oxygen atoms in total. The van der Waals surface area contributed by atoms with Crippen LogP contribution in [0.15, 0.2) is 0 Å². The summed E-state index contributed by atoms with van der Waals surface area (Å²) < 4.78 is 0. The van der Waals surface area contributed by atoms with E-state index < -0.39 is 0 Å². The van der Waals surface area contributed by atoms with E-state index in [1.165, 1.54) is 32.1 Å². The van der Waals surface area contributed by atoms with E-state index in [1.807, 2.05) is 5.92 Å². The van der Waals surface area contributed by atoms with Crippen molar-refractivity contribution in [2.75, 3.05) is 0 Å². The monoisotopic (exact) mass is 134 g/mol. The molecule has 0 unspecified atom stereocenters. The maximum atomic E-state index is 1.87. The van der Waals surface area contributed by atoms with Gasteiger partial charge in [0, 0.05) is 0 Å². The van der Waals surface area contributed by atoms with Gasteiger partial charge in [0.2, 0.25) is 0 Å². The van der Waals surface area contributed by atoms with Gasteiger partial charge in [-0.05, 0) is 0 Å². The minimum absolute atomic E-state index is 0. The molecule has 2 rings (SSSR count). The first-order chi connectivity index (χ1) is 3.45. The first kappa shape index (κ1) is 7.74. The normalized spacial score (nSPS) is 28.5. The van der Waals surface area contributed by atoms with Crippen molar-refractivity contribution >= 4 is 0 Å². The Labute approximate surface area is 93.8 Å². The van der Waals surface area contributed by atoms with E-state index in [0.717, 1.165) is 5.92 Å². The average Bonchev–Trinajstić information content (AvgIpc) is 2.22. The van der Waals surface area contributed by atoms with Crippen molar-refractivity contribution in [3.8, 4) is 0 Å². The van der Waals surface area contributed by atoms with Crippen LogP contribution in [0.4, 0.5) is 0 Å². The van der Waals surface area contributed by atoms with E-state index in [9.17, 15) is 0 Å². The zero-order valence-electron chi connectivity index (χ0n) is 5.61. The fraction of sp³-hybridized carbons (Fsp3) is 0.857. The molecule has 0 heterocycles. The Morgan fingerprint density at radius 2 is 1.75 bits per heavy atom. The van der Waals surface area contributed by atoms with Gasteiger partial charge in [-0.15, -0.1) is 0 Å². The van der Waals surface area contributed by atoms with Gasteiger partial charge in [0.25, 0.3) is 0 Å². The summed E-state index contributed by atoms with van der Waals surface area (Å²) in [4.78, 5) is 0. The van der Waals surface area contributed by atoms with Gasteiger partial charge in [-0.3, -0.25) is 0 Å². The van der Waals surface area contributed by atoms with Crippen LogP contribution in [0.25, 0.3) is 0 Å². The second kappa shape index (κ2) is 3.15. The van der Waals surface area contributed by atoms with Crippen LogP contribution in [-0.2, 0) is 0 Å². The fourth-order valence-corrected chi connectivity index (χ4v) is 1.90. The summed E-state index contributed by atoms with van der Waals surface area (Å²) in [5, 5.41) is 0. The Bertz CT molecular complexity index is 62.5. The van der Waals surface area contributed by atoms with Crippen LogP contribution in [0, 0.1) is 11.8 Å². The molecule has 2 aliphatic rings. The molecule has 2 bridgehead atoms. The molecule has 0 aliphatic heterocycles. The molecule has 0 atom stereocenters. The number of rotatable bonds is 0. The van der Waals surface area contributed by atoms with Gasteiger partial charge >= 0.3 is 51.4 Å². The molecule has 0 aromatic carbocycles. The van der Waals surface area contributed by atoms with Crippen LogP contribution in [0.3, 0.4) is 0 Å². The van der Waals surface area contributed by atoms with Gasteiger partial charge < -0.3 is 5.92 Å². The van der Waals surface area contributed by atoms with Gasteiger partial charge in [0.15, 0.2) is 0 Å². The number of hydrogen-bond donors (Lipinski definition) is 0. The summed E-state index contributed by atoms with van der Waals surface area (Å²) in [6, 6.07) is 0. The van der Waals surface area contributed by atoms with E-state index in [0.29, 0.717) is 0 Å². The van der Waals surface area contributed by atoms with Crippen molar-refractivity contribution in [2.45, 2.75) is 32.1 Å². The molecule has 0 N–H and O–H groups in total. The van der Waals surface area contributed by atoms with Gasteiger partial charge in [-0.25, -0.2) is 0 Å². The molecule has 0 radical (unpaired) electrons. The molecule has 0 spiro atoms. The first-order valence-electron chi connectivity index (χ1n) is 3.29. The molecule has 8 heavy (non-hydrogen) atoms. The summed E-state index contributed by atoms with van der Waals surface area (Å²) in [5.41, 5.74) is 0. The average molecular weight is 134 g/mol. The van der Waals surface area contributed by atoms with Crippen LogP contribution >= 0.6 is 0 Å². The molecular weight excluding hydrogens is 123 g/mol. The predicted molar refractivity (Wildman–Crippen MR) is 29.8 cm³/mol. The van der Waals surface area contributed by atoms with E-state index in [2.05, 4.69) is 0 Å². The minimum atomic E-state index is 0. The zero-order chi connectivity index (χ0) is 4.69. The van der Waals surface area contributed by atoms with E-state index in [4.69, 9.17) is 0 Å². The summed E-state index contributed by atoms with van der Waals surface area (Å²) in [7, 11) is 0. The van der Waals surface area contributed by atoms with Crippen LogP contribution < -0.4 is 51.4 Å². The molecule has 2 aliphatic carbocycles. The topological polar surface area (TPSA) is 0 Å². The van der Waals surface area contributed by atoms with Crippen LogP contribution in [0.1, 0.15) is 32.1 Å². The molecular formula is C7H11K. The van der Waals surface area contributed by atoms with Crippen LogP contribution in [0.2, 0.25) is 0 Å². The molecule has 1 heteroatoms. The summed E-state index contributed by atoms with van der Waals surface area (Å²) in [6.07, 6.45) is 7.50. The van der Waals surface area contributed by atoms with Crippen molar-refractivity contribution < 1.29 is 51.4 Å². The standard InChI is InChI=1S/C7H11.K/c1-2-7-4-3-6(1)5-7;/h6H,1-5H2;/q-1;+1. The van der Waals surface area contributed by atoms with E-state index in [-0.39, 0.29) is 51.4 Å². The molecule has 2 fully saturated rings. The van der Waals surface area contributed by atoms with Crippen molar-refractivity contribution in [1.29, 1.82) is 0 Å². The molecule has 40 valence electrons. The van der Waals surface area contributed by atoms with Crippen molar-refractivity contribution in [1.82, 2.24) is 0 Å². The predicted octanol–water partition coefficient (Wildman–Crippen LogP) is -0.841. The molecule has 0 aromatic rings. The maximum Gasteiger partial charge on any atom is 1.00 e. The summed E-state index contributed by atoms with van der Waals surface area (Å²) in [5.74, 6) is 3.00.